The van der Waals surface area contributed by atoms with Gasteiger partial charge in [-0.2, -0.15) is 0 Å². The van der Waals surface area contributed by atoms with Crippen LogP contribution in [-0.2, 0) is 4.74 Å². The number of hydrogen-bond acceptors (Lipinski definition) is 3. The summed E-state index contributed by atoms with van der Waals surface area (Å²) in [6.07, 6.45) is 14.2. The average Bonchev–Trinajstić information content (AvgIpc) is 2.66. The zero-order valence-electron chi connectivity index (χ0n) is 11.8. The van der Waals surface area contributed by atoms with Crippen molar-refractivity contribution < 1.29 is 9.84 Å². The van der Waals surface area contributed by atoms with E-state index in [4.69, 9.17) is 10.5 Å². The summed E-state index contributed by atoms with van der Waals surface area (Å²) in [4.78, 5) is 0. The molecule has 0 spiro atoms. The van der Waals surface area contributed by atoms with E-state index in [0.717, 1.165) is 43.4 Å². The minimum absolute atomic E-state index is 0.0358. The van der Waals surface area contributed by atoms with E-state index in [0.29, 0.717) is 6.54 Å². The number of aliphatic hydroxyl groups is 1. The Kier molecular flexibility index (Phi) is 4.83. The Labute approximate surface area is 115 Å². The van der Waals surface area contributed by atoms with Crippen LogP contribution in [0.15, 0.2) is 35.6 Å². The molecule has 1 unspecified atom stereocenters. The molecule has 2 aliphatic carbocycles. The number of hydrogen-bond donors (Lipinski definition) is 2. The van der Waals surface area contributed by atoms with Crippen molar-refractivity contribution in [2.75, 3.05) is 13.7 Å². The molecular weight excluding hydrogens is 238 g/mol. The first-order valence-electron chi connectivity index (χ1n) is 7.24. The maximum atomic E-state index is 10.9. The lowest BCUT2D eigenvalue weighted by Gasteiger charge is -2.39. The van der Waals surface area contributed by atoms with Gasteiger partial charge < -0.3 is 15.6 Å². The summed E-state index contributed by atoms with van der Waals surface area (Å²) >= 11 is 0. The first-order chi connectivity index (χ1) is 9.19. The van der Waals surface area contributed by atoms with Gasteiger partial charge >= 0.3 is 0 Å². The van der Waals surface area contributed by atoms with E-state index in [1.165, 1.54) is 6.42 Å². The first-order valence-corrected chi connectivity index (χ1v) is 7.24. The molecule has 0 bridgehead atoms. The topological polar surface area (TPSA) is 55.5 Å². The van der Waals surface area contributed by atoms with Gasteiger partial charge in [0.2, 0.25) is 0 Å². The molecular formula is C16H25NO2. The van der Waals surface area contributed by atoms with Crippen LogP contribution in [0.3, 0.4) is 0 Å². The van der Waals surface area contributed by atoms with Crippen molar-refractivity contribution in [2.24, 2.45) is 11.7 Å². The minimum Gasteiger partial charge on any atom is -0.497 e. The lowest BCUT2D eigenvalue weighted by Crippen LogP contribution is -2.44. The van der Waals surface area contributed by atoms with Crippen LogP contribution in [0.5, 0.6) is 0 Å². The van der Waals surface area contributed by atoms with Crippen molar-refractivity contribution in [3.8, 4) is 0 Å². The molecule has 2 aliphatic rings. The zero-order chi connectivity index (χ0) is 13.7. The molecule has 3 N–H and O–H groups in total. The summed E-state index contributed by atoms with van der Waals surface area (Å²) in [6, 6.07) is 0. The molecule has 3 heteroatoms. The molecule has 0 aromatic heterocycles. The average molecular weight is 263 g/mol. The maximum Gasteiger partial charge on any atom is 0.115 e. The highest BCUT2D eigenvalue weighted by molar-refractivity contribution is 5.33. The summed E-state index contributed by atoms with van der Waals surface area (Å²) in [5.41, 5.74) is 6.48. The third kappa shape index (κ3) is 3.28. The SMILES string of the molecule is COC1=CCC=C(C(CN)C2(O)CCCCC2)C=C1. The Hall–Kier alpha value is -1.06. The van der Waals surface area contributed by atoms with Crippen molar-refractivity contribution in [1.29, 1.82) is 0 Å². The van der Waals surface area contributed by atoms with Gasteiger partial charge in [-0.05, 0) is 37.0 Å². The van der Waals surface area contributed by atoms with Crippen molar-refractivity contribution in [3.05, 3.63) is 35.6 Å². The smallest absolute Gasteiger partial charge is 0.115 e. The summed E-state index contributed by atoms with van der Waals surface area (Å²) in [7, 11) is 1.68. The van der Waals surface area contributed by atoms with Gasteiger partial charge in [0.25, 0.3) is 0 Å². The van der Waals surface area contributed by atoms with E-state index in [1.807, 2.05) is 18.2 Å². The Bertz CT molecular complexity index is 390. The largest absolute Gasteiger partial charge is 0.497 e. The van der Waals surface area contributed by atoms with Crippen molar-refractivity contribution in [1.82, 2.24) is 0 Å². The van der Waals surface area contributed by atoms with Gasteiger partial charge in [-0.25, -0.2) is 0 Å². The molecule has 0 heterocycles. The van der Waals surface area contributed by atoms with Gasteiger partial charge in [0, 0.05) is 12.5 Å². The van der Waals surface area contributed by atoms with E-state index in [2.05, 4.69) is 6.08 Å². The Balaban J connectivity index is 2.16. The third-order valence-electron chi connectivity index (χ3n) is 4.35. The molecule has 1 atom stereocenters. The van der Waals surface area contributed by atoms with Gasteiger partial charge in [-0.3, -0.25) is 0 Å². The fourth-order valence-corrected chi connectivity index (χ4v) is 3.21. The lowest BCUT2D eigenvalue weighted by atomic mass is 9.72. The Morgan fingerprint density at radius 1 is 1.26 bits per heavy atom. The van der Waals surface area contributed by atoms with E-state index in [9.17, 15) is 5.11 Å². The summed E-state index contributed by atoms with van der Waals surface area (Å²) < 4.78 is 5.25. The van der Waals surface area contributed by atoms with E-state index >= 15 is 0 Å². The van der Waals surface area contributed by atoms with Crippen molar-refractivity contribution in [2.45, 2.75) is 44.1 Å². The number of nitrogens with two attached hydrogens (primary N) is 1. The van der Waals surface area contributed by atoms with Crippen LogP contribution >= 0.6 is 0 Å². The molecule has 1 saturated carbocycles. The quantitative estimate of drug-likeness (QED) is 0.820. The van der Waals surface area contributed by atoms with Crippen LogP contribution in [0, 0.1) is 5.92 Å². The molecule has 3 nitrogen and oxygen atoms in total. The van der Waals surface area contributed by atoms with Crippen LogP contribution in [0.2, 0.25) is 0 Å². The van der Waals surface area contributed by atoms with Crippen LogP contribution in [0.4, 0.5) is 0 Å². The monoisotopic (exact) mass is 263 g/mol. The molecule has 19 heavy (non-hydrogen) atoms. The molecule has 0 saturated heterocycles. The molecule has 0 amide bonds. The zero-order valence-corrected chi connectivity index (χ0v) is 11.8. The second-order valence-electron chi connectivity index (χ2n) is 5.54. The van der Waals surface area contributed by atoms with Gasteiger partial charge in [0.05, 0.1) is 12.7 Å². The summed E-state index contributed by atoms with van der Waals surface area (Å²) in [5, 5.41) is 10.9. The van der Waals surface area contributed by atoms with Crippen LogP contribution in [0.25, 0.3) is 0 Å². The number of ether oxygens (including phenoxy) is 1. The van der Waals surface area contributed by atoms with Gasteiger partial charge in [0.15, 0.2) is 0 Å². The highest BCUT2D eigenvalue weighted by Crippen LogP contribution is 2.38. The Morgan fingerprint density at radius 2 is 2.00 bits per heavy atom. The molecule has 1 fully saturated rings. The van der Waals surface area contributed by atoms with E-state index in [-0.39, 0.29) is 5.92 Å². The minimum atomic E-state index is -0.624. The molecule has 2 rings (SSSR count). The molecule has 0 aromatic rings. The van der Waals surface area contributed by atoms with Gasteiger partial charge in [-0.1, -0.05) is 31.4 Å². The first kappa shape index (κ1) is 14.4. The molecule has 0 radical (unpaired) electrons. The number of methoxy groups -OCH3 is 1. The normalized spacial score (nSPS) is 24.2. The second-order valence-corrected chi connectivity index (χ2v) is 5.54. The van der Waals surface area contributed by atoms with Gasteiger partial charge in [-0.15, -0.1) is 0 Å². The predicted octanol–water partition coefficient (Wildman–Crippen LogP) is 2.67. The third-order valence-corrected chi connectivity index (χ3v) is 4.35. The van der Waals surface area contributed by atoms with Crippen molar-refractivity contribution >= 4 is 0 Å². The maximum absolute atomic E-state index is 10.9. The molecule has 0 aliphatic heterocycles. The highest BCUT2D eigenvalue weighted by Gasteiger charge is 2.38. The lowest BCUT2D eigenvalue weighted by molar-refractivity contribution is -0.0328. The number of allylic oxidation sites excluding steroid dienone is 4. The van der Waals surface area contributed by atoms with Crippen LogP contribution in [-0.4, -0.2) is 24.4 Å². The van der Waals surface area contributed by atoms with Crippen LogP contribution in [0.1, 0.15) is 38.5 Å². The molecule has 106 valence electrons. The highest BCUT2D eigenvalue weighted by atomic mass is 16.5. The molecule has 0 aromatic carbocycles. The van der Waals surface area contributed by atoms with Crippen LogP contribution < -0.4 is 5.73 Å². The predicted molar refractivity (Wildman–Crippen MR) is 77.5 cm³/mol. The summed E-state index contributed by atoms with van der Waals surface area (Å²) in [5.74, 6) is 0.909. The number of rotatable bonds is 4. The fourth-order valence-electron chi connectivity index (χ4n) is 3.21. The standard InChI is InChI=1S/C16H25NO2/c1-19-14-7-5-6-13(8-9-14)15(12-17)16(18)10-3-2-4-11-16/h6-9,15,18H,2-5,10-12,17H2,1H3. The van der Waals surface area contributed by atoms with Gasteiger partial charge in [0.1, 0.15) is 5.76 Å². The van der Waals surface area contributed by atoms with E-state index in [1.54, 1.807) is 7.11 Å². The summed E-state index contributed by atoms with van der Waals surface area (Å²) in [6.45, 7) is 0.495. The van der Waals surface area contributed by atoms with E-state index < -0.39 is 5.60 Å². The van der Waals surface area contributed by atoms with Crippen molar-refractivity contribution in [3.63, 3.8) is 0 Å². The second kappa shape index (κ2) is 6.40. The Morgan fingerprint density at radius 3 is 2.63 bits per heavy atom. The fraction of sp³-hybridized carbons (Fsp3) is 0.625.